The van der Waals surface area contributed by atoms with E-state index in [0.29, 0.717) is 0 Å². The third-order valence-corrected chi connectivity index (χ3v) is 1.65. The van der Waals surface area contributed by atoms with Gasteiger partial charge in [0.1, 0.15) is 9.85 Å². The lowest BCUT2D eigenvalue weighted by Crippen LogP contribution is -2.49. The average Bonchev–Trinajstić information content (AvgIpc) is 2.85. The highest BCUT2D eigenvalue weighted by atomic mass is 19.2. The number of ether oxygens (including phenoxy) is 1. The predicted molar refractivity (Wildman–Crippen MR) is 37.2 cm³/mol. The summed E-state index contributed by atoms with van der Waals surface area (Å²) in [6.45, 7) is 0.164. The van der Waals surface area contributed by atoms with Crippen molar-refractivity contribution in [3.63, 3.8) is 0 Å². The van der Waals surface area contributed by atoms with Crippen LogP contribution in [0.4, 0.5) is 4.39 Å². The maximum atomic E-state index is 13.0. The van der Waals surface area contributed by atoms with Crippen LogP contribution in [0.2, 0.25) is 0 Å². The highest BCUT2D eigenvalue weighted by molar-refractivity contribution is 5.84. The Hall–Kier alpha value is -1.64. The Labute approximate surface area is 75.9 Å². The minimum Gasteiger partial charge on any atom is -0.373 e. The molecule has 1 fully saturated rings. The van der Waals surface area contributed by atoms with Gasteiger partial charge in [-0.1, -0.05) is 4.39 Å². The number of rotatable bonds is 5. The zero-order valence-electron chi connectivity index (χ0n) is 6.71. The fraction of sp³-hybridized carbons (Fsp3) is 0.800. The van der Waals surface area contributed by atoms with Crippen LogP contribution in [0.5, 0.6) is 0 Å². The number of nitro groups is 2. The number of halogens is 1. The Morgan fingerprint density at radius 3 is 2.21 bits per heavy atom. The molecule has 0 aromatic carbocycles. The average molecular weight is 208 g/mol. The molecular weight excluding hydrogens is 203 g/mol. The first-order valence-corrected chi connectivity index (χ1v) is 3.52. The molecule has 9 heteroatoms. The van der Waals surface area contributed by atoms with Crippen LogP contribution < -0.4 is 0 Å². The Balaban J connectivity index is 2.80. The summed E-state index contributed by atoms with van der Waals surface area (Å²) in [5, 5.41) is 20.1. The summed E-state index contributed by atoms with van der Waals surface area (Å²) >= 11 is 0. The zero-order chi connectivity index (χ0) is 10.9. The van der Waals surface area contributed by atoms with Crippen molar-refractivity contribution in [2.45, 2.75) is 18.4 Å². The van der Waals surface area contributed by atoms with E-state index in [9.17, 15) is 29.4 Å². The number of epoxide rings is 1. The van der Waals surface area contributed by atoms with Crippen LogP contribution in [-0.2, 0) is 9.53 Å². The van der Waals surface area contributed by atoms with Crippen molar-refractivity contribution in [3.05, 3.63) is 20.2 Å². The standard InChI is InChI=1S/C5H5FN2O6/c6-5(7(10)11,8(12)13)4(9)1-3-2-14-3/h3H,1-2H2. The van der Waals surface area contributed by atoms with Crippen molar-refractivity contribution in [1.29, 1.82) is 0 Å². The van der Waals surface area contributed by atoms with Crippen LogP contribution in [0.1, 0.15) is 6.42 Å². The molecule has 8 nitrogen and oxygen atoms in total. The minimum atomic E-state index is -4.24. The first-order valence-electron chi connectivity index (χ1n) is 3.52. The van der Waals surface area contributed by atoms with Crippen LogP contribution in [0.15, 0.2) is 0 Å². The Kier molecular flexibility index (Phi) is 2.43. The molecule has 1 unspecified atom stereocenters. The molecule has 0 N–H and O–H groups in total. The summed E-state index contributed by atoms with van der Waals surface area (Å²) < 4.78 is 17.5. The third kappa shape index (κ3) is 1.66. The SMILES string of the molecule is O=C(CC1CO1)C(F)([N+](=O)[O-])[N+](=O)[O-]. The zero-order valence-corrected chi connectivity index (χ0v) is 6.71. The molecule has 0 aromatic heterocycles. The van der Waals surface area contributed by atoms with Gasteiger partial charge in [-0.3, -0.25) is 25.0 Å². The smallest absolute Gasteiger partial charge is 0.373 e. The van der Waals surface area contributed by atoms with Crippen LogP contribution in [-0.4, -0.2) is 34.3 Å². The molecule has 1 atom stereocenters. The van der Waals surface area contributed by atoms with E-state index in [1.54, 1.807) is 0 Å². The Bertz CT molecular complexity index is 287. The quantitative estimate of drug-likeness (QED) is 0.198. The van der Waals surface area contributed by atoms with Crippen LogP contribution in [0, 0.1) is 20.2 Å². The largest absolute Gasteiger partial charge is 0.676 e. The van der Waals surface area contributed by atoms with Gasteiger partial charge in [-0.25, -0.2) is 0 Å². The summed E-state index contributed by atoms with van der Waals surface area (Å²) in [6, 6.07) is 0. The molecule has 0 aliphatic carbocycles. The van der Waals surface area contributed by atoms with Gasteiger partial charge in [0.05, 0.1) is 19.1 Å². The van der Waals surface area contributed by atoms with Gasteiger partial charge >= 0.3 is 11.7 Å². The summed E-state index contributed by atoms with van der Waals surface area (Å²) in [4.78, 5) is 27.2. The normalized spacial score (nSPS) is 20.2. The number of Topliss-reactive ketones (excluding diaryl/α,β-unsaturated/α-hetero) is 1. The number of carbonyl (C=O) groups is 1. The number of hydrogen-bond acceptors (Lipinski definition) is 6. The molecule has 1 heterocycles. The van der Waals surface area contributed by atoms with E-state index in [2.05, 4.69) is 4.74 Å². The van der Waals surface area contributed by atoms with Gasteiger partial charge in [0.25, 0.3) is 0 Å². The highest BCUT2D eigenvalue weighted by Gasteiger charge is 2.66. The Morgan fingerprint density at radius 1 is 1.50 bits per heavy atom. The number of ketones is 1. The fourth-order valence-corrected chi connectivity index (χ4v) is 0.793. The van der Waals surface area contributed by atoms with E-state index in [-0.39, 0.29) is 6.61 Å². The van der Waals surface area contributed by atoms with Crippen LogP contribution in [0.25, 0.3) is 0 Å². The summed E-state index contributed by atoms with van der Waals surface area (Å²) in [5.74, 6) is -5.94. The van der Waals surface area contributed by atoms with Gasteiger partial charge in [0.2, 0.25) is 0 Å². The van der Waals surface area contributed by atoms with Crippen molar-refractivity contribution in [2.24, 2.45) is 0 Å². The molecule has 1 aliphatic rings. The first kappa shape index (κ1) is 10.4. The molecule has 0 aromatic rings. The number of alkyl halides is 1. The highest BCUT2D eigenvalue weighted by Crippen LogP contribution is 2.22. The minimum absolute atomic E-state index is 0.164. The maximum absolute atomic E-state index is 13.0. The molecular formula is C5H5FN2O6. The van der Waals surface area contributed by atoms with E-state index < -0.39 is 34.1 Å². The molecule has 78 valence electrons. The second-order valence-corrected chi connectivity index (χ2v) is 2.68. The van der Waals surface area contributed by atoms with Crippen molar-refractivity contribution in [3.8, 4) is 0 Å². The van der Waals surface area contributed by atoms with Crippen molar-refractivity contribution in [2.75, 3.05) is 6.61 Å². The van der Waals surface area contributed by atoms with Crippen LogP contribution >= 0.6 is 0 Å². The molecule has 0 radical (unpaired) electrons. The van der Waals surface area contributed by atoms with E-state index in [4.69, 9.17) is 0 Å². The lowest BCUT2D eigenvalue weighted by molar-refractivity contribution is -0.809. The molecule has 1 rings (SSSR count). The Morgan fingerprint density at radius 2 is 1.93 bits per heavy atom. The molecule has 1 saturated heterocycles. The third-order valence-electron chi connectivity index (χ3n) is 1.65. The lowest BCUT2D eigenvalue weighted by Gasteiger charge is -2.04. The first-order chi connectivity index (χ1) is 6.39. The topological polar surface area (TPSA) is 116 Å². The number of nitrogens with zero attached hydrogens (tertiary/aromatic N) is 2. The van der Waals surface area contributed by atoms with Crippen molar-refractivity contribution >= 4 is 5.78 Å². The van der Waals surface area contributed by atoms with Gasteiger partial charge < -0.3 is 4.74 Å². The van der Waals surface area contributed by atoms with Gasteiger partial charge in [0, 0.05) is 0 Å². The molecule has 0 saturated carbocycles. The molecule has 1 aliphatic heterocycles. The summed E-state index contributed by atoms with van der Waals surface area (Å²) in [7, 11) is 0. The van der Waals surface area contributed by atoms with E-state index in [0.717, 1.165) is 0 Å². The van der Waals surface area contributed by atoms with Crippen LogP contribution in [0.3, 0.4) is 0 Å². The molecule has 0 amide bonds. The van der Waals surface area contributed by atoms with Gasteiger partial charge in [0.15, 0.2) is 0 Å². The molecule has 14 heavy (non-hydrogen) atoms. The van der Waals surface area contributed by atoms with Crippen molar-refractivity contribution in [1.82, 2.24) is 0 Å². The fourth-order valence-electron chi connectivity index (χ4n) is 0.793. The number of hydrogen-bond donors (Lipinski definition) is 0. The molecule has 0 spiro atoms. The summed E-state index contributed by atoms with van der Waals surface area (Å²) in [6.07, 6.45) is -1.28. The van der Waals surface area contributed by atoms with E-state index in [1.807, 2.05) is 0 Å². The number of carbonyl (C=O) groups excluding carboxylic acids is 1. The van der Waals surface area contributed by atoms with Crippen molar-refractivity contribution < 1.29 is 23.8 Å². The monoisotopic (exact) mass is 208 g/mol. The maximum Gasteiger partial charge on any atom is 0.676 e. The van der Waals surface area contributed by atoms with Gasteiger partial charge in [-0.05, 0) is 0 Å². The van der Waals surface area contributed by atoms with E-state index in [1.165, 1.54) is 0 Å². The molecule has 0 bridgehead atoms. The second-order valence-electron chi connectivity index (χ2n) is 2.68. The second kappa shape index (κ2) is 3.25. The van der Waals surface area contributed by atoms with Gasteiger partial charge in [-0.2, -0.15) is 0 Å². The van der Waals surface area contributed by atoms with Gasteiger partial charge in [-0.15, -0.1) is 0 Å². The predicted octanol–water partition coefficient (Wildman–Crippen LogP) is -0.479. The lowest BCUT2D eigenvalue weighted by atomic mass is 10.2. The van der Waals surface area contributed by atoms with E-state index >= 15 is 0 Å². The summed E-state index contributed by atoms with van der Waals surface area (Å²) in [5.41, 5.74) is 0.